The van der Waals surface area contributed by atoms with Gasteiger partial charge in [-0.15, -0.1) is 0 Å². The van der Waals surface area contributed by atoms with E-state index in [-0.39, 0.29) is 6.54 Å². The lowest BCUT2D eigenvalue weighted by atomic mass is 10.1. The quantitative estimate of drug-likeness (QED) is 0.787. The number of rotatable bonds is 4. The summed E-state index contributed by atoms with van der Waals surface area (Å²) in [6.07, 6.45) is 1.47. The molecule has 6 nitrogen and oxygen atoms in total. The first-order chi connectivity index (χ1) is 9.49. The molecule has 0 unspecified atom stereocenters. The predicted molar refractivity (Wildman–Crippen MR) is 63.1 cm³/mol. The zero-order valence-corrected chi connectivity index (χ0v) is 9.98. The highest BCUT2D eigenvalue weighted by molar-refractivity contribution is 6.04. The lowest BCUT2D eigenvalue weighted by Gasteiger charge is -2.07. The van der Waals surface area contributed by atoms with Crippen molar-refractivity contribution in [1.29, 1.82) is 0 Å². The number of aromatic nitrogens is 2. The minimum Gasteiger partial charge on any atom is -0.478 e. The van der Waals surface area contributed by atoms with Crippen molar-refractivity contribution in [3.8, 4) is 0 Å². The molecule has 1 aromatic heterocycles. The fourth-order valence-electron chi connectivity index (χ4n) is 1.57. The fraction of sp³-hybridized carbons (Fsp3) is 0.0833. The molecule has 0 radical (unpaired) electrons. The van der Waals surface area contributed by atoms with Crippen LogP contribution in [0.15, 0.2) is 24.4 Å². The van der Waals surface area contributed by atoms with Crippen LogP contribution in [0.2, 0.25) is 0 Å². The Bertz CT molecular complexity index is 656. The number of carbonyl (C=O) groups is 2. The van der Waals surface area contributed by atoms with Crippen molar-refractivity contribution in [3.63, 3.8) is 0 Å². The molecule has 20 heavy (non-hydrogen) atoms. The van der Waals surface area contributed by atoms with Crippen molar-refractivity contribution in [1.82, 2.24) is 15.5 Å². The molecule has 104 valence electrons. The van der Waals surface area contributed by atoms with Crippen LogP contribution in [0.25, 0.3) is 0 Å². The van der Waals surface area contributed by atoms with E-state index in [0.717, 1.165) is 0 Å². The minimum absolute atomic E-state index is 0.0525. The molecule has 2 aromatic rings. The molecule has 2 rings (SSSR count). The molecule has 0 aliphatic heterocycles. The summed E-state index contributed by atoms with van der Waals surface area (Å²) in [6.45, 7) is 0.0525. The summed E-state index contributed by atoms with van der Waals surface area (Å²) in [5, 5.41) is 17.5. The summed E-state index contributed by atoms with van der Waals surface area (Å²) in [6, 6.07) is 2.63. The molecule has 0 atom stereocenters. The highest BCUT2D eigenvalue weighted by Gasteiger charge is 2.20. The molecule has 3 N–H and O–H groups in total. The second-order valence-corrected chi connectivity index (χ2v) is 3.88. The van der Waals surface area contributed by atoms with Crippen molar-refractivity contribution in [2.75, 3.05) is 0 Å². The number of H-pyrrole nitrogens is 1. The van der Waals surface area contributed by atoms with Gasteiger partial charge in [0.2, 0.25) is 0 Å². The van der Waals surface area contributed by atoms with Gasteiger partial charge in [-0.05, 0) is 18.2 Å². The van der Waals surface area contributed by atoms with Crippen LogP contribution in [0, 0.1) is 11.6 Å². The number of aromatic amines is 1. The monoisotopic (exact) mass is 281 g/mol. The highest BCUT2D eigenvalue weighted by atomic mass is 19.2. The largest absolute Gasteiger partial charge is 0.478 e. The van der Waals surface area contributed by atoms with E-state index >= 15 is 0 Å². The van der Waals surface area contributed by atoms with Gasteiger partial charge in [0.25, 0.3) is 5.91 Å². The number of nitrogens with one attached hydrogen (secondary N) is 2. The van der Waals surface area contributed by atoms with E-state index in [1.807, 2.05) is 0 Å². The number of hydrogen-bond acceptors (Lipinski definition) is 3. The molecule has 0 saturated carbocycles. The molecule has 1 aromatic carbocycles. The zero-order chi connectivity index (χ0) is 14.7. The third kappa shape index (κ3) is 2.79. The van der Waals surface area contributed by atoms with Gasteiger partial charge in [0.15, 0.2) is 11.6 Å². The van der Waals surface area contributed by atoms with Crippen molar-refractivity contribution < 1.29 is 23.5 Å². The van der Waals surface area contributed by atoms with Crippen LogP contribution in [0.1, 0.15) is 26.4 Å². The van der Waals surface area contributed by atoms with Crippen LogP contribution in [0.4, 0.5) is 8.78 Å². The number of carboxylic acids is 1. The van der Waals surface area contributed by atoms with Crippen molar-refractivity contribution in [2.45, 2.75) is 6.54 Å². The van der Waals surface area contributed by atoms with E-state index in [1.54, 1.807) is 6.07 Å². The predicted octanol–water partition coefficient (Wildman–Crippen LogP) is 1.32. The summed E-state index contributed by atoms with van der Waals surface area (Å²) in [7, 11) is 0. The molecule has 1 heterocycles. The molecule has 0 fully saturated rings. The number of aromatic carboxylic acids is 1. The third-order valence-electron chi connectivity index (χ3n) is 2.53. The normalized spacial score (nSPS) is 10.3. The van der Waals surface area contributed by atoms with E-state index in [1.165, 1.54) is 6.20 Å². The number of hydrogen-bond donors (Lipinski definition) is 3. The van der Waals surface area contributed by atoms with Gasteiger partial charge in [-0.3, -0.25) is 9.89 Å². The standard InChI is InChI=1S/C12H9F2N3O3/c13-9-3-7(8(12(19)20)4-10(9)14)11(18)15-5-6-1-2-16-17-6/h1-4H,5H2,(H,15,18)(H,16,17)(H,19,20). The smallest absolute Gasteiger partial charge is 0.336 e. The first-order valence-corrected chi connectivity index (χ1v) is 5.48. The number of nitrogens with zero attached hydrogens (tertiary/aromatic N) is 1. The first-order valence-electron chi connectivity index (χ1n) is 5.48. The van der Waals surface area contributed by atoms with Crippen molar-refractivity contribution in [3.05, 3.63) is 52.9 Å². The Morgan fingerprint density at radius 3 is 2.45 bits per heavy atom. The average molecular weight is 281 g/mol. The van der Waals surface area contributed by atoms with Gasteiger partial charge in [0.1, 0.15) is 0 Å². The summed E-state index contributed by atoms with van der Waals surface area (Å²) in [5.74, 6) is -4.96. The molecule has 1 amide bonds. The van der Waals surface area contributed by atoms with Crippen molar-refractivity contribution >= 4 is 11.9 Å². The summed E-state index contributed by atoms with van der Waals surface area (Å²) < 4.78 is 26.1. The van der Waals surface area contributed by atoms with E-state index < -0.39 is 34.6 Å². The second-order valence-electron chi connectivity index (χ2n) is 3.88. The minimum atomic E-state index is -1.52. The SMILES string of the molecule is O=C(O)c1cc(F)c(F)cc1C(=O)NCc1ccn[nH]1. The Morgan fingerprint density at radius 1 is 1.25 bits per heavy atom. The van der Waals surface area contributed by atoms with Crippen LogP contribution in [0.3, 0.4) is 0 Å². The zero-order valence-electron chi connectivity index (χ0n) is 9.98. The molecule has 0 aliphatic carbocycles. The van der Waals surface area contributed by atoms with E-state index in [0.29, 0.717) is 17.8 Å². The van der Waals surface area contributed by atoms with E-state index in [9.17, 15) is 18.4 Å². The van der Waals surface area contributed by atoms with Crippen LogP contribution >= 0.6 is 0 Å². The average Bonchev–Trinajstić information content (AvgIpc) is 2.91. The van der Waals surface area contributed by atoms with Gasteiger partial charge in [-0.25, -0.2) is 13.6 Å². The number of carbonyl (C=O) groups excluding carboxylic acids is 1. The Morgan fingerprint density at radius 2 is 1.90 bits per heavy atom. The third-order valence-corrected chi connectivity index (χ3v) is 2.53. The summed E-state index contributed by atoms with van der Waals surface area (Å²) in [5.41, 5.74) is -0.472. The van der Waals surface area contributed by atoms with Gasteiger partial charge in [-0.1, -0.05) is 0 Å². The lowest BCUT2D eigenvalue weighted by Crippen LogP contribution is -2.25. The first kappa shape index (κ1) is 13.7. The Balaban J connectivity index is 2.24. The summed E-state index contributed by atoms with van der Waals surface area (Å²) >= 11 is 0. The van der Waals surface area contributed by atoms with Gasteiger partial charge in [0, 0.05) is 6.20 Å². The Hall–Kier alpha value is -2.77. The second kappa shape index (κ2) is 5.47. The lowest BCUT2D eigenvalue weighted by molar-refractivity contribution is 0.0690. The molecule has 8 heteroatoms. The molecular formula is C12H9F2N3O3. The number of benzene rings is 1. The molecule has 0 bridgehead atoms. The molecule has 0 spiro atoms. The molecule has 0 aliphatic rings. The van der Waals surface area contributed by atoms with Crippen LogP contribution < -0.4 is 5.32 Å². The van der Waals surface area contributed by atoms with E-state index in [4.69, 9.17) is 5.11 Å². The van der Waals surface area contributed by atoms with E-state index in [2.05, 4.69) is 15.5 Å². The van der Waals surface area contributed by atoms with Crippen LogP contribution in [0.5, 0.6) is 0 Å². The maximum absolute atomic E-state index is 13.1. The van der Waals surface area contributed by atoms with Crippen molar-refractivity contribution in [2.24, 2.45) is 0 Å². The number of carboxylic acid groups (broad SMARTS) is 1. The van der Waals surface area contributed by atoms with Gasteiger partial charge >= 0.3 is 5.97 Å². The maximum atomic E-state index is 13.1. The Labute approximate surface area is 111 Å². The summed E-state index contributed by atoms with van der Waals surface area (Å²) in [4.78, 5) is 22.8. The number of halogens is 2. The van der Waals surface area contributed by atoms with Gasteiger partial charge in [0.05, 0.1) is 23.4 Å². The molecular weight excluding hydrogens is 272 g/mol. The topological polar surface area (TPSA) is 95.1 Å². The fourth-order valence-corrected chi connectivity index (χ4v) is 1.57. The number of amides is 1. The van der Waals surface area contributed by atoms with Gasteiger partial charge in [-0.2, -0.15) is 5.10 Å². The highest BCUT2D eigenvalue weighted by Crippen LogP contribution is 2.15. The Kier molecular flexibility index (Phi) is 3.74. The van der Waals surface area contributed by atoms with Crippen LogP contribution in [-0.2, 0) is 6.54 Å². The van der Waals surface area contributed by atoms with Crippen LogP contribution in [-0.4, -0.2) is 27.2 Å². The molecule has 0 saturated heterocycles. The maximum Gasteiger partial charge on any atom is 0.336 e. The van der Waals surface area contributed by atoms with Gasteiger partial charge < -0.3 is 10.4 Å².